The van der Waals surface area contributed by atoms with E-state index in [1.54, 1.807) is 36.4 Å². The summed E-state index contributed by atoms with van der Waals surface area (Å²) < 4.78 is 0. The fourth-order valence-electron chi connectivity index (χ4n) is 3.37. The molecular weight excluding hydrogens is 390 g/mol. The van der Waals surface area contributed by atoms with Gasteiger partial charge >= 0.3 is 0 Å². The summed E-state index contributed by atoms with van der Waals surface area (Å²) in [4.78, 5) is 46.4. The minimum atomic E-state index is -0.700. The first-order valence-corrected chi connectivity index (χ1v) is 10.3. The fourth-order valence-corrected chi connectivity index (χ4v) is 3.37. The van der Waals surface area contributed by atoms with E-state index in [-0.39, 0.29) is 17.0 Å². The first kappa shape index (κ1) is 22.8. The lowest BCUT2D eigenvalue weighted by atomic mass is 9.90. The summed E-state index contributed by atoms with van der Waals surface area (Å²) in [5, 5.41) is 0.869. The number of rotatable bonds is 6. The Hall–Kier alpha value is -2.83. The second-order valence-electron chi connectivity index (χ2n) is 9.54. The van der Waals surface area contributed by atoms with Crippen LogP contribution in [0.5, 0.6) is 0 Å². The van der Waals surface area contributed by atoms with E-state index in [0.717, 1.165) is 0 Å². The lowest BCUT2D eigenvalue weighted by Crippen LogP contribution is -2.45. The van der Waals surface area contributed by atoms with E-state index < -0.39 is 11.1 Å². The van der Waals surface area contributed by atoms with Crippen LogP contribution in [-0.2, 0) is 0 Å². The number of H-pyrrole nitrogens is 1. The second kappa shape index (κ2) is 7.70. The largest absolute Gasteiger partial charge is 0.354 e. The van der Waals surface area contributed by atoms with Gasteiger partial charge in [0, 0.05) is 32.9 Å². The van der Waals surface area contributed by atoms with Crippen LogP contribution in [0.4, 0.5) is 0 Å². The summed E-state index contributed by atoms with van der Waals surface area (Å²) >= 11 is 0. The molecule has 0 unspecified atom stereocenters. The summed E-state index contributed by atoms with van der Waals surface area (Å²) in [7, 11) is 7.42. The Balaban J connectivity index is 2.19. The Labute approximate surface area is 182 Å². The standard InChI is InChI=1S/C25H31N3O3/c1-24(2,27(5)6)22(30)15-9-11-19-17(13-15)21(29)18-14-16(10-12-20(18)26-19)23(31)25(3,4)28(7)8/h9-14H,1-8H3,(H,26,29). The van der Waals surface area contributed by atoms with Crippen molar-refractivity contribution >= 4 is 33.4 Å². The van der Waals surface area contributed by atoms with Gasteiger partial charge in [-0.1, -0.05) is 0 Å². The number of fused-ring (bicyclic) bond motifs is 2. The Bertz CT molecular complexity index is 1160. The number of hydrogen-bond acceptors (Lipinski definition) is 5. The van der Waals surface area contributed by atoms with Gasteiger partial charge in [-0.3, -0.25) is 24.2 Å². The van der Waals surface area contributed by atoms with Gasteiger partial charge < -0.3 is 4.98 Å². The third-order valence-electron chi connectivity index (χ3n) is 6.67. The third kappa shape index (κ3) is 3.82. The molecule has 2 aromatic carbocycles. The van der Waals surface area contributed by atoms with Crippen molar-refractivity contribution in [2.24, 2.45) is 0 Å². The number of aromatic nitrogens is 1. The maximum Gasteiger partial charge on any atom is 0.197 e. The van der Waals surface area contributed by atoms with Crippen LogP contribution in [0.25, 0.3) is 21.8 Å². The quantitative estimate of drug-likeness (QED) is 0.485. The van der Waals surface area contributed by atoms with Crippen molar-refractivity contribution in [1.82, 2.24) is 14.8 Å². The zero-order valence-corrected chi connectivity index (χ0v) is 19.6. The number of pyridine rings is 1. The van der Waals surface area contributed by atoms with Crippen LogP contribution in [0, 0.1) is 0 Å². The van der Waals surface area contributed by atoms with Gasteiger partial charge in [-0.2, -0.15) is 0 Å². The summed E-state index contributed by atoms with van der Waals surface area (Å²) in [5.41, 5.74) is 0.685. The summed E-state index contributed by atoms with van der Waals surface area (Å²) in [6.45, 7) is 7.42. The molecule has 3 rings (SSSR count). The van der Waals surface area contributed by atoms with Crippen molar-refractivity contribution in [2.75, 3.05) is 28.2 Å². The van der Waals surface area contributed by atoms with Gasteiger partial charge in [0.05, 0.1) is 11.1 Å². The number of aromatic amines is 1. The highest BCUT2D eigenvalue weighted by atomic mass is 16.1. The van der Waals surface area contributed by atoms with E-state index in [4.69, 9.17) is 0 Å². The van der Waals surface area contributed by atoms with Gasteiger partial charge in [0.15, 0.2) is 17.0 Å². The van der Waals surface area contributed by atoms with Crippen molar-refractivity contribution in [1.29, 1.82) is 0 Å². The lowest BCUT2D eigenvalue weighted by Gasteiger charge is -2.31. The number of benzene rings is 2. The lowest BCUT2D eigenvalue weighted by molar-refractivity contribution is 0.0750. The van der Waals surface area contributed by atoms with Crippen LogP contribution in [0.1, 0.15) is 48.4 Å². The molecule has 0 bridgehead atoms. The van der Waals surface area contributed by atoms with Crippen molar-refractivity contribution in [3.8, 4) is 0 Å². The second-order valence-corrected chi connectivity index (χ2v) is 9.54. The van der Waals surface area contributed by atoms with Gasteiger partial charge in [-0.25, -0.2) is 0 Å². The number of ketones is 2. The number of likely N-dealkylation sites (N-methyl/N-ethyl adjacent to an activating group) is 2. The van der Waals surface area contributed by atoms with E-state index in [1.165, 1.54) is 0 Å². The molecule has 0 aliphatic heterocycles. The molecule has 0 fully saturated rings. The molecule has 1 heterocycles. The fraction of sp³-hybridized carbons (Fsp3) is 0.400. The predicted molar refractivity (Wildman–Crippen MR) is 126 cm³/mol. The molecule has 0 saturated carbocycles. The Morgan fingerprint density at radius 3 is 1.39 bits per heavy atom. The Morgan fingerprint density at radius 2 is 1.06 bits per heavy atom. The molecule has 0 aliphatic carbocycles. The third-order valence-corrected chi connectivity index (χ3v) is 6.67. The maximum absolute atomic E-state index is 13.3. The smallest absolute Gasteiger partial charge is 0.197 e. The van der Waals surface area contributed by atoms with Gasteiger partial charge in [0.2, 0.25) is 0 Å². The number of carbonyl (C=O) groups excluding carboxylic acids is 2. The molecule has 0 saturated heterocycles. The predicted octanol–water partition coefficient (Wildman–Crippen LogP) is 3.73. The molecule has 31 heavy (non-hydrogen) atoms. The average Bonchev–Trinajstić information content (AvgIpc) is 2.72. The minimum absolute atomic E-state index is 0.0597. The van der Waals surface area contributed by atoms with Crippen LogP contribution in [-0.4, -0.2) is 65.6 Å². The van der Waals surface area contributed by atoms with Crippen molar-refractivity contribution in [2.45, 2.75) is 38.8 Å². The van der Waals surface area contributed by atoms with Gasteiger partial charge in [0.25, 0.3) is 0 Å². The topological polar surface area (TPSA) is 73.5 Å². The molecule has 0 amide bonds. The highest BCUT2D eigenvalue weighted by Crippen LogP contribution is 2.24. The molecular formula is C25H31N3O3. The van der Waals surface area contributed by atoms with Crippen LogP contribution < -0.4 is 5.43 Å². The molecule has 6 nitrogen and oxygen atoms in total. The number of nitrogens with zero attached hydrogens (tertiary/aromatic N) is 2. The molecule has 1 aromatic heterocycles. The van der Waals surface area contributed by atoms with Gasteiger partial charge in [-0.05, 0) is 92.3 Å². The number of Topliss-reactive ketones (excluding diaryl/α,β-unsaturated/α-hetero) is 2. The Kier molecular flexibility index (Phi) is 5.67. The Morgan fingerprint density at radius 1 is 0.710 bits per heavy atom. The van der Waals surface area contributed by atoms with Gasteiger partial charge in [0.1, 0.15) is 0 Å². The van der Waals surface area contributed by atoms with Crippen LogP contribution in [0.2, 0.25) is 0 Å². The van der Waals surface area contributed by atoms with Gasteiger partial charge in [-0.15, -0.1) is 0 Å². The van der Waals surface area contributed by atoms with Crippen LogP contribution in [0.15, 0.2) is 41.2 Å². The van der Waals surface area contributed by atoms with Crippen LogP contribution in [0.3, 0.4) is 0 Å². The molecule has 0 atom stereocenters. The monoisotopic (exact) mass is 421 g/mol. The molecule has 3 aromatic rings. The van der Waals surface area contributed by atoms with Crippen LogP contribution >= 0.6 is 0 Å². The van der Waals surface area contributed by atoms with E-state index in [9.17, 15) is 14.4 Å². The molecule has 164 valence electrons. The van der Waals surface area contributed by atoms with Crippen molar-refractivity contribution in [3.05, 3.63) is 57.7 Å². The zero-order valence-electron chi connectivity index (χ0n) is 19.6. The summed E-state index contributed by atoms with van der Waals surface area (Å²) in [6.07, 6.45) is 0. The zero-order chi connectivity index (χ0) is 23.3. The van der Waals surface area contributed by atoms with E-state index in [1.807, 2.05) is 65.7 Å². The summed E-state index contributed by atoms with van der Waals surface area (Å²) in [5.74, 6) is -0.119. The molecule has 0 radical (unpaired) electrons. The molecule has 0 spiro atoms. The highest BCUT2D eigenvalue weighted by molar-refractivity contribution is 6.07. The average molecular weight is 422 g/mol. The van der Waals surface area contributed by atoms with E-state index in [2.05, 4.69) is 4.98 Å². The number of hydrogen-bond donors (Lipinski definition) is 1. The highest BCUT2D eigenvalue weighted by Gasteiger charge is 2.32. The van der Waals surface area contributed by atoms with Crippen molar-refractivity contribution < 1.29 is 9.59 Å². The summed E-state index contributed by atoms with van der Waals surface area (Å²) in [6, 6.07) is 10.3. The molecule has 1 N–H and O–H groups in total. The number of carbonyl (C=O) groups is 2. The molecule has 6 heteroatoms. The van der Waals surface area contributed by atoms with Crippen molar-refractivity contribution in [3.63, 3.8) is 0 Å². The number of nitrogens with one attached hydrogen (secondary N) is 1. The first-order valence-electron chi connectivity index (χ1n) is 10.3. The maximum atomic E-state index is 13.3. The molecule has 0 aliphatic rings. The minimum Gasteiger partial charge on any atom is -0.354 e. The van der Waals surface area contributed by atoms with E-state index in [0.29, 0.717) is 32.9 Å². The SMILES string of the molecule is CN(C)C(C)(C)C(=O)c1ccc2[nH]c3ccc(C(=O)C(C)(C)N(C)C)cc3c(=O)c2c1. The normalized spacial score (nSPS) is 12.8. The first-order chi connectivity index (χ1) is 14.3. The van der Waals surface area contributed by atoms with E-state index >= 15 is 0 Å².